The Kier molecular flexibility index (Phi) is 4.29. The molecule has 1 aliphatic carbocycles. The molecule has 2 aliphatic rings. The number of carbonyl (C=O) groups is 2. The van der Waals surface area contributed by atoms with Crippen molar-refractivity contribution in [3.63, 3.8) is 0 Å². The van der Waals surface area contributed by atoms with E-state index in [0.29, 0.717) is 30.9 Å². The molecule has 0 saturated heterocycles. The van der Waals surface area contributed by atoms with Gasteiger partial charge >= 0.3 is 0 Å². The van der Waals surface area contributed by atoms with Gasteiger partial charge in [0.05, 0.1) is 11.1 Å². The maximum atomic E-state index is 12.9. The van der Waals surface area contributed by atoms with Crippen LogP contribution in [0.5, 0.6) is 0 Å². The highest BCUT2D eigenvalue weighted by atomic mass is 16.2. The van der Waals surface area contributed by atoms with Crippen LogP contribution in [0, 0.1) is 0 Å². The van der Waals surface area contributed by atoms with Crippen LogP contribution in [-0.4, -0.2) is 36.5 Å². The first-order chi connectivity index (χ1) is 16.1. The van der Waals surface area contributed by atoms with Crippen LogP contribution < -0.4 is 10.6 Å². The molecular weight excluding hydrogens is 418 g/mol. The van der Waals surface area contributed by atoms with Gasteiger partial charge in [-0.1, -0.05) is 24.3 Å². The lowest BCUT2D eigenvalue weighted by atomic mass is 9.79. The van der Waals surface area contributed by atoms with Crippen molar-refractivity contribution in [1.29, 1.82) is 0 Å². The summed E-state index contributed by atoms with van der Waals surface area (Å²) >= 11 is 0. The number of aromatic nitrogens is 5. The van der Waals surface area contributed by atoms with E-state index in [2.05, 4.69) is 30.7 Å². The van der Waals surface area contributed by atoms with E-state index in [1.54, 1.807) is 29.5 Å². The molecule has 0 radical (unpaired) electrons. The van der Waals surface area contributed by atoms with Gasteiger partial charge in [-0.3, -0.25) is 14.6 Å². The van der Waals surface area contributed by atoms with Crippen molar-refractivity contribution in [1.82, 2.24) is 30.0 Å². The molecule has 33 heavy (non-hydrogen) atoms. The van der Waals surface area contributed by atoms with Crippen molar-refractivity contribution < 1.29 is 9.59 Å². The van der Waals surface area contributed by atoms with Gasteiger partial charge in [-0.25, -0.2) is 14.6 Å². The van der Waals surface area contributed by atoms with E-state index in [1.807, 2.05) is 36.4 Å². The third-order valence-corrected chi connectivity index (χ3v) is 6.39. The monoisotopic (exact) mass is 437 g/mol. The van der Waals surface area contributed by atoms with E-state index in [9.17, 15) is 9.59 Å². The van der Waals surface area contributed by atoms with E-state index in [-0.39, 0.29) is 11.8 Å². The molecule has 4 heterocycles. The number of anilines is 1. The summed E-state index contributed by atoms with van der Waals surface area (Å²) in [5.74, 6) is 0.292. The number of nitrogens with one attached hydrogen (secondary N) is 2. The van der Waals surface area contributed by atoms with Crippen molar-refractivity contribution in [3.8, 4) is 5.69 Å². The molecule has 9 nitrogen and oxygen atoms in total. The highest BCUT2D eigenvalue weighted by Crippen LogP contribution is 2.46. The molecule has 0 fully saturated rings. The molecule has 1 spiro atoms. The summed E-state index contributed by atoms with van der Waals surface area (Å²) in [5, 5.41) is 10.0. The minimum absolute atomic E-state index is 0.0527. The lowest BCUT2D eigenvalue weighted by Gasteiger charge is -2.20. The minimum atomic E-state index is -0.681. The van der Waals surface area contributed by atoms with E-state index in [4.69, 9.17) is 0 Å². The van der Waals surface area contributed by atoms with Crippen LogP contribution >= 0.6 is 0 Å². The fourth-order valence-electron chi connectivity index (χ4n) is 4.76. The normalized spacial score (nSPS) is 18.1. The van der Waals surface area contributed by atoms with Gasteiger partial charge in [0.25, 0.3) is 5.91 Å². The van der Waals surface area contributed by atoms with Crippen molar-refractivity contribution in [2.75, 3.05) is 5.32 Å². The minimum Gasteiger partial charge on any atom is -0.347 e. The third kappa shape index (κ3) is 3.08. The maximum absolute atomic E-state index is 12.9. The number of nitrogens with zero attached hydrogens (tertiary/aromatic N) is 5. The summed E-state index contributed by atoms with van der Waals surface area (Å²) < 4.78 is 1.66. The highest BCUT2D eigenvalue weighted by molar-refractivity contribution is 6.06. The zero-order valence-electron chi connectivity index (χ0n) is 17.5. The number of amides is 2. The number of fused-ring (bicyclic) bond motifs is 3. The SMILES string of the molecule is O=C(NCc1ccccc1-n1cncn1)c1cc2c(cn1)CC1(C2)C(=O)Nc2ncccc21. The quantitative estimate of drug-likeness (QED) is 0.505. The predicted molar refractivity (Wildman–Crippen MR) is 119 cm³/mol. The number of pyridine rings is 2. The first kappa shape index (κ1) is 19.3. The molecular formula is C24H19N7O2. The Balaban J connectivity index is 1.22. The lowest BCUT2D eigenvalue weighted by Crippen LogP contribution is -2.35. The molecule has 2 N–H and O–H groups in total. The average Bonchev–Trinajstić information content (AvgIpc) is 3.56. The number of hydrogen-bond acceptors (Lipinski definition) is 6. The van der Waals surface area contributed by atoms with E-state index >= 15 is 0 Å². The summed E-state index contributed by atoms with van der Waals surface area (Å²) in [4.78, 5) is 38.4. The van der Waals surface area contributed by atoms with Crippen LogP contribution in [0.2, 0.25) is 0 Å². The first-order valence-electron chi connectivity index (χ1n) is 10.6. The molecule has 3 aromatic heterocycles. The standard InChI is InChI=1S/C24H19N7O2/c32-22(28-11-15-4-1-2-6-20(15)31-14-25-13-29-31)19-8-16-9-24(10-17(16)12-27-19)18-5-3-7-26-21(18)30-23(24)33/h1-8,12-14H,9-11H2,(H,28,32)(H,26,30,33). The van der Waals surface area contributed by atoms with E-state index in [1.165, 1.54) is 6.33 Å². The Labute approximate surface area is 188 Å². The fraction of sp³-hybridized carbons (Fsp3) is 0.167. The smallest absolute Gasteiger partial charge is 0.270 e. The molecule has 6 rings (SSSR count). The molecule has 0 saturated carbocycles. The van der Waals surface area contributed by atoms with Gasteiger partial charge in [0.2, 0.25) is 5.91 Å². The maximum Gasteiger partial charge on any atom is 0.270 e. The van der Waals surface area contributed by atoms with Crippen LogP contribution in [0.15, 0.2) is 67.5 Å². The zero-order valence-corrected chi connectivity index (χ0v) is 17.5. The average molecular weight is 437 g/mol. The fourth-order valence-corrected chi connectivity index (χ4v) is 4.76. The number of hydrogen-bond donors (Lipinski definition) is 2. The van der Waals surface area contributed by atoms with Crippen molar-refractivity contribution in [2.45, 2.75) is 24.8 Å². The van der Waals surface area contributed by atoms with Crippen molar-refractivity contribution >= 4 is 17.6 Å². The van der Waals surface area contributed by atoms with Crippen LogP contribution in [0.1, 0.15) is 32.7 Å². The van der Waals surface area contributed by atoms with Gasteiger partial charge in [0.15, 0.2) is 0 Å². The summed E-state index contributed by atoms with van der Waals surface area (Å²) in [7, 11) is 0. The Bertz CT molecular complexity index is 1400. The number of carbonyl (C=O) groups excluding carboxylic acids is 2. The Morgan fingerprint density at radius 2 is 2.00 bits per heavy atom. The second-order valence-corrected chi connectivity index (χ2v) is 8.28. The summed E-state index contributed by atoms with van der Waals surface area (Å²) in [5.41, 5.74) is 4.25. The Morgan fingerprint density at radius 3 is 2.88 bits per heavy atom. The second kappa shape index (κ2) is 7.33. The van der Waals surface area contributed by atoms with Gasteiger partial charge in [0, 0.05) is 24.5 Å². The van der Waals surface area contributed by atoms with E-state index in [0.717, 1.165) is 27.9 Å². The van der Waals surface area contributed by atoms with E-state index < -0.39 is 5.41 Å². The summed E-state index contributed by atoms with van der Waals surface area (Å²) in [6, 6.07) is 13.3. The first-order valence-corrected chi connectivity index (χ1v) is 10.6. The van der Waals surface area contributed by atoms with Crippen LogP contribution in [0.25, 0.3) is 5.69 Å². The number of rotatable bonds is 4. The second-order valence-electron chi connectivity index (χ2n) is 8.28. The van der Waals surface area contributed by atoms with Gasteiger partial charge in [-0.05, 0) is 47.7 Å². The highest BCUT2D eigenvalue weighted by Gasteiger charge is 2.51. The molecule has 1 atom stereocenters. The largest absolute Gasteiger partial charge is 0.347 e. The predicted octanol–water partition coefficient (Wildman–Crippen LogP) is 1.98. The van der Waals surface area contributed by atoms with Crippen LogP contribution in [-0.2, 0) is 29.6 Å². The van der Waals surface area contributed by atoms with Crippen molar-refractivity contribution in [2.24, 2.45) is 0 Å². The van der Waals surface area contributed by atoms with Gasteiger partial charge < -0.3 is 10.6 Å². The molecule has 2 amide bonds. The molecule has 0 bridgehead atoms. The van der Waals surface area contributed by atoms with Gasteiger partial charge in [-0.15, -0.1) is 0 Å². The number of para-hydroxylation sites is 1. The molecule has 9 heteroatoms. The lowest BCUT2D eigenvalue weighted by molar-refractivity contribution is -0.120. The molecule has 1 unspecified atom stereocenters. The number of benzene rings is 1. The van der Waals surface area contributed by atoms with Crippen molar-refractivity contribution in [3.05, 3.63) is 95.5 Å². The topological polar surface area (TPSA) is 115 Å². The van der Waals surface area contributed by atoms with Crippen LogP contribution in [0.3, 0.4) is 0 Å². The third-order valence-electron chi connectivity index (χ3n) is 6.39. The zero-order chi connectivity index (χ0) is 22.4. The summed E-state index contributed by atoms with van der Waals surface area (Å²) in [6.07, 6.45) is 7.54. The summed E-state index contributed by atoms with van der Waals surface area (Å²) in [6.45, 7) is 0.318. The molecule has 1 aliphatic heterocycles. The molecule has 4 aromatic rings. The van der Waals surface area contributed by atoms with Gasteiger partial charge in [-0.2, -0.15) is 5.10 Å². The molecule has 162 valence electrons. The Hall–Kier alpha value is -4.40. The van der Waals surface area contributed by atoms with Gasteiger partial charge in [0.1, 0.15) is 24.2 Å². The Morgan fingerprint density at radius 1 is 1.12 bits per heavy atom. The van der Waals surface area contributed by atoms with Crippen LogP contribution in [0.4, 0.5) is 5.82 Å². The molecule has 1 aromatic carbocycles.